The van der Waals surface area contributed by atoms with Crippen LogP contribution in [0.5, 0.6) is 23.0 Å². The molecule has 68 heavy (non-hydrogen) atoms. The number of aliphatic hydroxyl groups is 1. The van der Waals surface area contributed by atoms with Gasteiger partial charge in [-0.3, -0.25) is 33.6 Å². The molecule has 6 bridgehead atoms. The monoisotopic (exact) mass is 933 g/mol. The Kier molecular flexibility index (Phi) is 16.4. The average molecular weight is 934 g/mol. The molecule has 4 aromatic rings. The molecule has 0 spiro atoms. The number of carbonyl (C=O) groups excluding carboxylic acids is 7. The number of benzene rings is 4. The normalized spacial score (nSPS) is 23.6. The lowest BCUT2D eigenvalue weighted by atomic mass is 9.98. The van der Waals surface area contributed by atoms with Crippen molar-refractivity contribution in [3.63, 3.8) is 0 Å². The molecule has 3 aliphatic heterocycles. The van der Waals surface area contributed by atoms with E-state index in [1.54, 1.807) is 97.1 Å². The molecule has 0 radical (unpaired) electrons. The molecule has 3 heterocycles. The van der Waals surface area contributed by atoms with E-state index in [0.29, 0.717) is 45.3 Å². The Morgan fingerprint density at radius 1 is 0.574 bits per heavy atom. The van der Waals surface area contributed by atoms with Crippen LogP contribution in [0.25, 0.3) is 0 Å². The van der Waals surface area contributed by atoms with Crippen molar-refractivity contribution in [3.8, 4) is 23.0 Å². The van der Waals surface area contributed by atoms with E-state index in [-0.39, 0.29) is 25.7 Å². The molecule has 18 nitrogen and oxygen atoms in total. The van der Waals surface area contributed by atoms with E-state index in [4.69, 9.17) is 14.2 Å². The third-order valence-corrected chi connectivity index (χ3v) is 12.4. The quantitative estimate of drug-likeness (QED) is 0.179. The first-order valence-electron chi connectivity index (χ1n) is 22.2. The fourth-order valence-electron chi connectivity index (χ4n) is 8.19. The fourth-order valence-corrected chi connectivity index (χ4v) is 8.19. The summed E-state index contributed by atoms with van der Waals surface area (Å²) in [6.45, 7) is 2.00. The first-order chi connectivity index (χ1) is 32.5. The highest BCUT2D eigenvalue weighted by Gasteiger charge is 2.40. The van der Waals surface area contributed by atoms with Crippen molar-refractivity contribution in [3.05, 3.63) is 119 Å². The minimum atomic E-state index is -1.58. The fraction of sp³-hybridized carbons (Fsp3) is 0.380. The average Bonchev–Trinajstić information content (AvgIpc) is 3.34. The number of ether oxygens (including phenoxy) is 3. The molecule has 1 unspecified atom stereocenters. The van der Waals surface area contributed by atoms with Crippen molar-refractivity contribution in [1.29, 1.82) is 0 Å². The molecule has 0 aromatic heterocycles. The van der Waals surface area contributed by atoms with Gasteiger partial charge < -0.3 is 55.3 Å². The highest BCUT2D eigenvalue weighted by molar-refractivity contribution is 5.98. The van der Waals surface area contributed by atoms with E-state index in [2.05, 4.69) is 21.3 Å². The van der Waals surface area contributed by atoms with Gasteiger partial charge in [-0.25, -0.2) is 0 Å². The third kappa shape index (κ3) is 11.9. The van der Waals surface area contributed by atoms with Crippen molar-refractivity contribution >= 4 is 41.4 Å². The molecule has 7 amide bonds. The molecule has 5 N–H and O–H groups in total. The van der Waals surface area contributed by atoms with Crippen LogP contribution in [-0.2, 0) is 59.2 Å². The molecule has 1 saturated heterocycles. The van der Waals surface area contributed by atoms with E-state index in [1.807, 2.05) is 0 Å². The first kappa shape index (κ1) is 50.0. The predicted octanol–water partition coefficient (Wildman–Crippen LogP) is 1.55. The number of rotatable bonds is 7. The molecule has 3 aliphatic rings. The van der Waals surface area contributed by atoms with E-state index < -0.39 is 90.3 Å². The summed E-state index contributed by atoms with van der Waals surface area (Å²) in [6, 6.07) is 18.4. The van der Waals surface area contributed by atoms with Gasteiger partial charge in [-0.05, 0) is 72.5 Å². The van der Waals surface area contributed by atoms with Gasteiger partial charge in [0.05, 0.1) is 20.8 Å². The number of methoxy groups -OCH3 is 2. The smallest absolute Gasteiger partial charge is 0.247 e. The topological polar surface area (TPSA) is 225 Å². The molecule has 7 atom stereocenters. The molecule has 4 aromatic carbocycles. The van der Waals surface area contributed by atoms with Crippen LogP contribution >= 0.6 is 0 Å². The lowest BCUT2D eigenvalue weighted by Crippen LogP contribution is -2.60. The molecule has 360 valence electrons. The van der Waals surface area contributed by atoms with Crippen LogP contribution in [0.4, 0.5) is 0 Å². The second-order valence-electron chi connectivity index (χ2n) is 17.0. The Balaban J connectivity index is 1.45. The van der Waals surface area contributed by atoms with Gasteiger partial charge in [0.1, 0.15) is 53.8 Å². The number of fused-ring (bicyclic) bond motifs is 2. The molecule has 0 aliphatic carbocycles. The molecular formula is C50H59N7O11. The summed E-state index contributed by atoms with van der Waals surface area (Å²) in [4.78, 5) is 104. The van der Waals surface area contributed by atoms with Crippen molar-refractivity contribution in [1.82, 2.24) is 36.0 Å². The number of amides is 7. The zero-order valence-electron chi connectivity index (χ0n) is 39.2. The first-order valence-corrected chi connectivity index (χ1v) is 22.2. The lowest BCUT2D eigenvalue weighted by molar-refractivity contribution is -0.149. The van der Waals surface area contributed by atoms with Crippen LogP contribution in [0.2, 0.25) is 0 Å². The van der Waals surface area contributed by atoms with Crippen LogP contribution in [0.15, 0.2) is 97.1 Å². The summed E-state index contributed by atoms with van der Waals surface area (Å²) < 4.78 is 17.1. The minimum Gasteiger partial charge on any atom is -0.497 e. The summed E-state index contributed by atoms with van der Waals surface area (Å²) in [5.74, 6) is -3.42. The van der Waals surface area contributed by atoms with Crippen LogP contribution in [0.3, 0.4) is 0 Å². The second-order valence-corrected chi connectivity index (χ2v) is 17.0. The summed E-state index contributed by atoms with van der Waals surface area (Å²) in [5, 5.41) is 21.3. The maximum atomic E-state index is 15.0. The number of aliphatic hydroxyl groups excluding tert-OH is 1. The highest BCUT2D eigenvalue weighted by Crippen LogP contribution is 2.34. The van der Waals surface area contributed by atoms with Gasteiger partial charge in [0.25, 0.3) is 0 Å². The largest absolute Gasteiger partial charge is 0.497 e. The maximum absolute atomic E-state index is 15.0. The lowest BCUT2D eigenvalue weighted by Gasteiger charge is -2.36. The number of likely N-dealkylation sites (N-methyl/N-ethyl adjacent to an activating group) is 3. The maximum Gasteiger partial charge on any atom is 0.247 e. The summed E-state index contributed by atoms with van der Waals surface area (Å²) in [5.41, 5.74) is 2.47. The minimum absolute atomic E-state index is 0.0160. The molecule has 18 heteroatoms. The van der Waals surface area contributed by atoms with Crippen LogP contribution in [0.1, 0.15) is 36.1 Å². The molecular weight excluding hydrogens is 875 g/mol. The molecule has 7 rings (SSSR count). The summed E-state index contributed by atoms with van der Waals surface area (Å²) >= 11 is 0. The Morgan fingerprint density at radius 2 is 1.18 bits per heavy atom. The Morgan fingerprint density at radius 3 is 1.82 bits per heavy atom. The van der Waals surface area contributed by atoms with Gasteiger partial charge >= 0.3 is 0 Å². The standard InChI is InChI=1S/C50H59N7O11/c1-29-44(59)53-37(23-31-11-9-8-10-12-31)45(60)54-38(28-58)49(64)55(3)39(24-32-13-18-35(66-6)19-14-32)47(62)52-30(2)48(63)57(5)41-25-33-15-20-36(21-16-33)68-43-27-34(17-22-42(43)67-7)26-40(46(61)51-29)56(4)50(41)65/h8-22,27,29-30,37-41,58H,23-26,28H2,1-7H3,(H,51,61)(H,52,62)(H,53,59)(H,54,60)/t29-,30+,37?,38+,39+,40+,41+/m1/s1. The van der Waals surface area contributed by atoms with E-state index in [9.17, 15) is 38.7 Å². The van der Waals surface area contributed by atoms with Crippen LogP contribution in [-0.4, -0.2) is 145 Å². The van der Waals surface area contributed by atoms with E-state index >= 15 is 0 Å². The third-order valence-electron chi connectivity index (χ3n) is 12.4. The van der Waals surface area contributed by atoms with Crippen molar-refractivity contribution < 1.29 is 52.9 Å². The van der Waals surface area contributed by atoms with Crippen molar-refractivity contribution in [2.75, 3.05) is 42.0 Å². The van der Waals surface area contributed by atoms with E-state index in [1.165, 1.54) is 59.0 Å². The molecule has 0 saturated carbocycles. The van der Waals surface area contributed by atoms with Gasteiger partial charge in [0.15, 0.2) is 11.5 Å². The van der Waals surface area contributed by atoms with Crippen LogP contribution < -0.4 is 35.5 Å². The van der Waals surface area contributed by atoms with Crippen molar-refractivity contribution in [2.24, 2.45) is 0 Å². The number of hydrogen-bond acceptors (Lipinski definition) is 11. The van der Waals surface area contributed by atoms with Gasteiger partial charge in [0, 0.05) is 46.8 Å². The van der Waals surface area contributed by atoms with E-state index in [0.717, 1.165) is 4.90 Å². The Bertz CT molecular complexity index is 2470. The van der Waals surface area contributed by atoms with Gasteiger partial charge in [0.2, 0.25) is 41.4 Å². The van der Waals surface area contributed by atoms with Crippen LogP contribution in [0, 0.1) is 0 Å². The van der Waals surface area contributed by atoms with Gasteiger partial charge in [-0.2, -0.15) is 0 Å². The Hall–Kier alpha value is -7.47. The number of nitrogens with zero attached hydrogens (tertiary/aromatic N) is 3. The zero-order valence-corrected chi connectivity index (χ0v) is 39.2. The number of nitrogens with one attached hydrogen (secondary N) is 4. The van der Waals surface area contributed by atoms with Gasteiger partial charge in [-0.1, -0.05) is 60.7 Å². The number of hydrogen-bond donors (Lipinski definition) is 5. The summed E-state index contributed by atoms with van der Waals surface area (Å²) in [6.07, 6.45) is -0.197. The molecule has 1 fully saturated rings. The number of carbonyl (C=O) groups is 7. The zero-order chi connectivity index (χ0) is 49.2. The van der Waals surface area contributed by atoms with Gasteiger partial charge in [-0.15, -0.1) is 0 Å². The van der Waals surface area contributed by atoms with Crippen molar-refractivity contribution in [2.45, 2.75) is 81.8 Å². The SMILES string of the molecule is COc1ccc(C[C@H]2C(=O)N[C@@H](C)C(=O)N(C)[C@H]3Cc4ccc(cc4)Oc4cc(ccc4OC)C[C@@H](C(=O)N[C@H](C)C(=O)NC(Cc4ccccc4)C(=O)N[C@@H](CO)C(=O)N2C)N(C)C3=O)cc1. The summed E-state index contributed by atoms with van der Waals surface area (Å²) in [7, 11) is 7.21. The second kappa shape index (κ2) is 22.3. The highest BCUT2D eigenvalue weighted by atomic mass is 16.5. The Labute approximate surface area is 395 Å². The predicted molar refractivity (Wildman–Crippen MR) is 250 cm³/mol.